The van der Waals surface area contributed by atoms with E-state index in [1.807, 2.05) is 0 Å². The molecule has 1 radical (unpaired) electrons. The van der Waals surface area contributed by atoms with Gasteiger partial charge in [0.15, 0.2) is 0 Å². The number of rotatable bonds is 0. The molecule has 5 atom stereocenters. The van der Waals surface area contributed by atoms with Crippen LogP contribution in [0.2, 0.25) is 0 Å². The summed E-state index contributed by atoms with van der Waals surface area (Å²) in [6.45, 7) is 0. The van der Waals surface area contributed by atoms with Crippen molar-refractivity contribution in [2.45, 2.75) is 69.7 Å². The molecule has 1 aliphatic heterocycles. The summed E-state index contributed by atoms with van der Waals surface area (Å²) in [6.07, 6.45) is 10.7. The van der Waals surface area contributed by atoms with Crippen LogP contribution in [-0.2, 0) is 21.8 Å². The molecule has 1 N–H and O–H groups in total. The first-order valence-corrected chi connectivity index (χ1v) is 6.66. The van der Waals surface area contributed by atoms with Gasteiger partial charge in [0.1, 0.15) is 0 Å². The van der Waals surface area contributed by atoms with Gasteiger partial charge in [-0.25, -0.2) is 0 Å². The van der Waals surface area contributed by atoms with Crippen molar-refractivity contribution in [2.75, 3.05) is 0 Å². The molecule has 3 rings (SSSR count). The summed E-state index contributed by atoms with van der Waals surface area (Å²) >= 11 is 0. The predicted octanol–water partition coefficient (Wildman–Crippen LogP) is 2.49. The predicted molar refractivity (Wildman–Crippen MR) is 58.6 cm³/mol. The summed E-state index contributed by atoms with van der Waals surface area (Å²) in [4.78, 5) is 0. The second-order valence-electron chi connectivity index (χ2n) is 5.72. The molecule has 2 saturated carbocycles. The maximum Gasteiger partial charge on any atom is 0.0631 e. The van der Waals surface area contributed by atoms with E-state index < -0.39 is 0 Å². The van der Waals surface area contributed by atoms with Crippen LogP contribution in [0.3, 0.4) is 0 Å². The molecule has 93 valence electrons. The Hall–Kier alpha value is 0.439. The molecule has 0 bridgehead atoms. The fourth-order valence-electron chi connectivity index (χ4n) is 3.84. The Bertz CT molecular complexity index is 234. The Morgan fingerprint density at radius 2 is 1.56 bits per heavy atom. The molecular formula is C13H22MnO2. The largest absolute Gasteiger partial charge is 0.393 e. The van der Waals surface area contributed by atoms with Gasteiger partial charge >= 0.3 is 0 Å². The van der Waals surface area contributed by atoms with E-state index in [4.69, 9.17) is 4.74 Å². The van der Waals surface area contributed by atoms with Gasteiger partial charge in [-0.3, -0.25) is 0 Å². The summed E-state index contributed by atoms with van der Waals surface area (Å²) in [5, 5.41) is 9.66. The molecule has 0 aromatic carbocycles. The minimum Gasteiger partial charge on any atom is -0.393 e. The molecule has 16 heavy (non-hydrogen) atoms. The van der Waals surface area contributed by atoms with Crippen molar-refractivity contribution < 1.29 is 26.9 Å². The maximum atomic E-state index is 9.66. The summed E-state index contributed by atoms with van der Waals surface area (Å²) in [6, 6.07) is 0. The Balaban J connectivity index is 0.000000963. The van der Waals surface area contributed by atoms with Gasteiger partial charge in [-0.15, -0.1) is 0 Å². The first kappa shape index (κ1) is 12.9. The average molecular weight is 265 g/mol. The fraction of sp³-hybridized carbons (Fsp3) is 1.00. The number of hydrogen-bond donors (Lipinski definition) is 1. The normalized spacial score (nSPS) is 47.4. The van der Waals surface area contributed by atoms with E-state index in [2.05, 4.69) is 0 Å². The molecule has 2 aliphatic carbocycles. The molecule has 3 heteroatoms. The van der Waals surface area contributed by atoms with Crippen LogP contribution >= 0.6 is 0 Å². The second-order valence-corrected chi connectivity index (χ2v) is 5.72. The van der Waals surface area contributed by atoms with E-state index in [0.29, 0.717) is 12.2 Å². The van der Waals surface area contributed by atoms with Gasteiger partial charge in [0, 0.05) is 17.1 Å². The third kappa shape index (κ3) is 2.48. The summed E-state index contributed by atoms with van der Waals surface area (Å²) in [7, 11) is 0. The van der Waals surface area contributed by atoms with Crippen LogP contribution in [0.1, 0.15) is 51.4 Å². The molecule has 0 amide bonds. The fourth-order valence-corrected chi connectivity index (χ4v) is 3.84. The van der Waals surface area contributed by atoms with Crippen LogP contribution in [0.25, 0.3) is 0 Å². The first-order valence-electron chi connectivity index (χ1n) is 6.66. The Labute approximate surface area is 109 Å². The molecule has 1 saturated heterocycles. The number of aliphatic hydroxyl groups is 1. The summed E-state index contributed by atoms with van der Waals surface area (Å²) < 4.78 is 6.20. The van der Waals surface area contributed by atoms with Gasteiger partial charge in [-0.05, 0) is 50.4 Å². The van der Waals surface area contributed by atoms with E-state index in [1.165, 1.54) is 38.5 Å². The molecule has 0 aromatic rings. The van der Waals surface area contributed by atoms with Gasteiger partial charge in [0.25, 0.3) is 0 Å². The van der Waals surface area contributed by atoms with Gasteiger partial charge in [-0.2, -0.15) is 0 Å². The van der Waals surface area contributed by atoms with E-state index >= 15 is 0 Å². The quantitative estimate of drug-likeness (QED) is 0.682. The van der Waals surface area contributed by atoms with Crippen LogP contribution in [0.15, 0.2) is 0 Å². The van der Waals surface area contributed by atoms with Crippen molar-refractivity contribution >= 4 is 0 Å². The minimum atomic E-state index is -0.0913. The van der Waals surface area contributed by atoms with Gasteiger partial charge < -0.3 is 9.84 Å². The van der Waals surface area contributed by atoms with E-state index in [1.54, 1.807) is 0 Å². The molecule has 2 nitrogen and oxygen atoms in total. The van der Waals surface area contributed by atoms with Crippen LogP contribution in [-0.4, -0.2) is 23.4 Å². The zero-order valence-corrected chi connectivity index (χ0v) is 11.0. The van der Waals surface area contributed by atoms with E-state index in [0.717, 1.165) is 24.7 Å². The standard InChI is InChI=1S/C13H22O2.Mn/c14-11-6-5-10-7-9-3-1-2-4-12(9)15-13(10)8-11;/h9-14H,1-8H2;. The molecular weight excluding hydrogens is 243 g/mol. The smallest absolute Gasteiger partial charge is 0.0631 e. The molecule has 0 spiro atoms. The monoisotopic (exact) mass is 265 g/mol. The molecule has 5 unspecified atom stereocenters. The number of ether oxygens (including phenoxy) is 1. The maximum absolute atomic E-state index is 9.66. The molecule has 3 fully saturated rings. The van der Waals surface area contributed by atoms with Gasteiger partial charge in [0.2, 0.25) is 0 Å². The Morgan fingerprint density at radius 3 is 2.44 bits per heavy atom. The number of aliphatic hydroxyl groups excluding tert-OH is 1. The van der Waals surface area contributed by atoms with E-state index in [9.17, 15) is 5.11 Å². The van der Waals surface area contributed by atoms with Crippen LogP contribution in [0.4, 0.5) is 0 Å². The van der Waals surface area contributed by atoms with E-state index in [-0.39, 0.29) is 23.2 Å². The van der Waals surface area contributed by atoms with Crippen LogP contribution in [0.5, 0.6) is 0 Å². The number of fused-ring (bicyclic) bond motifs is 2. The minimum absolute atomic E-state index is 0. The zero-order chi connectivity index (χ0) is 10.3. The summed E-state index contributed by atoms with van der Waals surface area (Å²) in [5.41, 5.74) is 0. The van der Waals surface area contributed by atoms with Crippen molar-refractivity contribution in [2.24, 2.45) is 11.8 Å². The van der Waals surface area contributed by atoms with Crippen molar-refractivity contribution in [1.82, 2.24) is 0 Å². The third-order valence-electron chi connectivity index (χ3n) is 4.70. The SMILES string of the molecule is OC1CCC2CC3CCCCC3OC2C1.[Mn]. The second kappa shape index (κ2) is 5.39. The third-order valence-corrected chi connectivity index (χ3v) is 4.70. The Kier molecular flexibility index (Phi) is 4.34. The van der Waals surface area contributed by atoms with Gasteiger partial charge in [-0.1, -0.05) is 12.8 Å². The van der Waals surface area contributed by atoms with Gasteiger partial charge in [0.05, 0.1) is 18.3 Å². The summed E-state index contributed by atoms with van der Waals surface area (Å²) in [5.74, 6) is 1.60. The van der Waals surface area contributed by atoms with Crippen LogP contribution < -0.4 is 0 Å². The van der Waals surface area contributed by atoms with Crippen LogP contribution in [0, 0.1) is 11.8 Å². The first-order chi connectivity index (χ1) is 7.33. The van der Waals surface area contributed by atoms with Crippen molar-refractivity contribution in [3.8, 4) is 0 Å². The molecule has 3 aliphatic rings. The number of hydrogen-bond acceptors (Lipinski definition) is 2. The molecule has 0 aromatic heterocycles. The topological polar surface area (TPSA) is 29.5 Å². The zero-order valence-electron chi connectivity index (χ0n) is 9.78. The van der Waals surface area contributed by atoms with Crippen molar-refractivity contribution in [1.29, 1.82) is 0 Å². The van der Waals surface area contributed by atoms with Crippen molar-refractivity contribution in [3.63, 3.8) is 0 Å². The Morgan fingerprint density at radius 1 is 0.812 bits per heavy atom. The average Bonchev–Trinajstić information content (AvgIpc) is 2.26. The van der Waals surface area contributed by atoms with Crippen molar-refractivity contribution in [3.05, 3.63) is 0 Å². The molecule has 1 heterocycles.